The van der Waals surface area contributed by atoms with Crippen LogP contribution in [0.1, 0.15) is 28.4 Å². The summed E-state index contributed by atoms with van der Waals surface area (Å²) in [7, 11) is 0. The first-order valence-corrected chi connectivity index (χ1v) is 5.35. The molecule has 0 fully saturated rings. The first kappa shape index (κ1) is 13.9. The van der Waals surface area contributed by atoms with Crippen molar-refractivity contribution >= 4 is 17.6 Å². The van der Waals surface area contributed by atoms with E-state index in [2.05, 4.69) is 0 Å². The highest BCUT2D eigenvalue weighted by atomic mass is 35.5. The molecule has 0 heterocycles. The molecule has 0 aliphatic carbocycles. The fourth-order valence-electron chi connectivity index (χ4n) is 1.40. The van der Waals surface area contributed by atoms with Crippen LogP contribution in [0.5, 0.6) is 0 Å². The highest BCUT2D eigenvalue weighted by Gasteiger charge is 2.21. The van der Waals surface area contributed by atoms with Crippen LogP contribution < -0.4 is 0 Å². The topological polar surface area (TPSA) is 98.0 Å². The Morgan fingerprint density at radius 2 is 2.00 bits per heavy atom. The molecule has 17 heavy (non-hydrogen) atoms. The van der Waals surface area contributed by atoms with Crippen LogP contribution in [0.2, 0.25) is 5.02 Å². The number of benzene rings is 1. The van der Waals surface area contributed by atoms with E-state index in [0.717, 1.165) is 0 Å². The minimum absolute atomic E-state index is 0.0191. The third-order valence-corrected chi connectivity index (χ3v) is 2.70. The molecule has 1 rings (SSSR count). The third-order valence-electron chi connectivity index (χ3n) is 2.35. The van der Waals surface area contributed by atoms with Gasteiger partial charge >= 0.3 is 5.97 Å². The average Bonchev–Trinajstić information content (AvgIpc) is 2.28. The number of carboxylic acid groups (broad SMARTS) is 1. The zero-order valence-corrected chi connectivity index (χ0v) is 9.63. The Kier molecular flexibility index (Phi) is 4.89. The van der Waals surface area contributed by atoms with Gasteiger partial charge in [-0.3, -0.25) is 0 Å². The molecule has 0 aliphatic heterocycles. The number of halogens is 1. The summed E-state index contributed by atoms with van der Waals surface area (Å²) >= 11 is 5.81. The van der Waals surface area contributed by atoms with Gasteiger partial charge in [0.1, 0.15) is 6.10 Å². The second kappa shape index (κ2) is 5.97. The van der Waals surface area contributed by atoms with Crippen molar-refractivity contribution in [2.75, 3.05) is 6.61 Å². The molecule has 0 amide bonds. The number of aliphatic hydroxyl groups excluding tert-OH is 3. The fourth-order valence-corrected chi connectivity index (χ4v) is 1.63. The Labute approximate surface area is 103 Å². The zero-order valence-electron chi connectivity index (χ0n) is 8.88. The monoisotopic (exact) mass is 260 g/mol. The van der Waals surface area contributed by atoms with E-state index in [4.69, 9.17) is 21.8 Å². The van der Waals surface area contributed by atoms with Crippen LogP contribution in [0.3, 0.4) is 0 Å². The van der Waals surface area contributed by atoms with Crippen molar-refractivity contribution in [1.29, 1.82) is 0 Å². The second-order valence-corrected chi connectivity index (χ2v) is 3.97. The van der Waals surface area contributed by atoms with Gasteiger partial charge in [-0.1, -0.05) is 11.6 Å². The summed E-state index contributed by atoms with van der Waals surface area (Å²) in [6.07, 6.45) is -2.54. The lowest BCUT2D eigenvalue weighted by molar-refractivity contribution is 0.00420. The van der Waals surface area contributed by atoms with Crippen molar-refractivity contribution < 1.29 is 25.2 Å². The maximum Gasteiger partial charge on any atom is 0.335 e. The van der Waals surface area contributed by atoms with Crippen molar-refractivity contribution in [1.82, 2.24) is 0 Å². The first-order chi connectivity index (χ1) is 7.97. The lowest BCUT2D eigenvalue weighted by Crippen LogP contribution is -2.20. The van der Waals surface area contributed by atoms with Crippen LogP contribution in [0.15, 0.2) is 18.2 Å². The lowest BCUT2D eigenvalue weighted by atomic mass is 10.0. The smallest absolute Gasteiger partial charge is 0.335 e. The molecule has 2 unspecified atom stereocenters. The summed E-state index contributed by atoms with van der Waals surface area (Å²) in [6, 6.07) is 3.85. The molecule has 0 saturated carbocycles. The SMILES string of the molecule is O=C(O)c1ccc(Cl)c(C(O)C(O)CCO)c1. The number of hydrogen-bond donors (Lipinski definition) is 4. The largest absolute Gasteiger partial charge is 0.478 e. The standard InChI is InChI=1S/C11H13ClO5/c12-8-2-1-6(11(16)17)5-7(8)10(15)9(14)3-4-13/h1-2,5,9-10,13-15H,3-4H2,(H,16,17). The highest BCUT2D eigenvalue weighted by molar-refractivity contribution is 6.31. The highest BCUT2D eigenvalue weighted by Crippen LogP contribution is 2.27. The number of hydrogen-bond acceptors (Lipinski definition) is 4. The molecular weight excluding hydrogens is 248 g/mol. The van der Waals surface area contributed by atoms with Crippen molar-refractivity contribution in [2.45, 2.75) is 18.6 Å². The van der Waals surface area contributed by atoms with E-state index < -0.39 is 18.2 Å². The fraction of sp³-hybridized carbons (Fsp3) is 0.364. The normalized spacial score (nSPS) is 14.4. The van der Waals surface area contributed by atoms with Crippen molar-refractivity contribution in [3.05, 3.63) is 34.3 Å². The molecule has 0 aromatic heterocycles. The zero-order chi connectivity index (χ0) is 13.0. The summed E-state index contributed by atoms with van der Waals surface area (Å²) in [5.74, 6) is -1.15. The maximum absolute atomic E-state index is 10.8. The maximum atomic E-state index is 10.8. The van der Waals surface area contributed by atoms with Crippen LogP contribution >= 0.6 is 11.6 Å². The molecule has 0 spiro atoms. The molecule has 2 atom stereocenters. The molecule has 1 aromatic carbocycles. The number of aromatic carboxylic acids is 1. The number of carbonyl (C=O) groups is 1. The molecule has 0 aliphatic rings. The van der Waals surface area contributed by atoms with Crippen LogP contribution in [-0.2, 0) is 0 Å². The molecule has 0 saturated heterocycles. The summed E-state index contributed by atoms with van der Waals surface area (Å²) in [5.41, 5.74) is 0.104. The van der Waals surface area contributed by atoms with Gasteiger partial charge in [0, 0.05) is 17.2 Å². The Morgan fingerprint density at radius 1 is 1.35 bits per heavy atom. The molecule has 4 N–H and O–H groups in total. The van der Waals surface area contributed by atoms with Crippen LogP contribution in [0.4, 0.5) is 0 Å². The van der Waals surface area contributed by atoms with Gasteiger partial charge in [-0.25, -0.2) is 4.79 Å². The van der Waals surface area contributed by atoms with Gasteiger partial charge < -0.3 is 20.4 Å². The van der Waals surface area contributed by atoms with E-state index >= 15 is 0 Å². The Hall–Kier alpha value is -1.14. The Bertz CT molecular complexity index is 407. The average molecular weight is 261 g/mol. The second-order valence-electron chi connectivity index (χ2n) is 3.57. The first-order valence-electron chi connectivity index (χ1n) is 4.97. The molecule has 0 radical (unpaired) electrons. The van der Waals surface area contributed by atoms with Gasteiger partial charge in [-0.2, -0.15) is 0 Å². The van der Waals surface area contributed by atoms with Gasteiger partial charge in [-0.05, 0) is 24.6 Å². The molecule has 1 aromatic rings. The molecular formula is C11H13ClO5. The van der Waals surface area contributed by atoms with Crippen molar-refractivity contribution in [3.8, 4) is 0 Å². The minimum Gasteiger partial charge on any atom is -0.478 e. The van der Waals surface area contributed by atoms with Gasteiger partial charge in [0.05, 0.1) is 11.7 Å². The Balaban J connectivity index is 3.03. The quantitative estimate of drug-likeness (QED) is 0.628. The van der Waals surface area contributed by atoms with Crippen molar-refractivity contribution in [3.63, 3.8) is 0 Å². The van der Waals surface area contributed by atoms with E-state index in [1.54, 1.807) is 0 Å². The molecule has 94 valence electrons. The van der Waals surface area contributed by atoms with E-state index in [9.17, 15) is 15.0 Å². The number of carboxylic acids is 1. The number of rotatable bonds is 5. The summed E-state index contributed by atoms with van der Waals surface area (Å²) in [6.45, 7) is -0.283. The van der Waals surface area contributed by atoms with E-state index in [0.29, 0.717) is 0 Å². The van der Waals surface area contributed by atoms with Gasteiger partial charge in [0.15, 0.2) is 0 Å². The van der Waals surface area contributed by atoms with Gasteiger partial charge in [0.2, 0.25) is 0 Å². The Morgan fingerprint density at radius 3 is 2.53 bits per heavy atom. The summed E-state index contributed by atoms with van der Waals surface area (Å²) in [4.78, 5) is 10.8. The van der Waals surface area contributed by atoms with Gasteiger partial charge in [0.25, 0.3) is 0 Å². The lowest BCUT2D eigenvalue weighted by Gasteiger charge is -2.18. The van der Waals surface area contributed by atoms with Gasteiger partial charge in [-0.15, -0.1) is 0 Å². The molecule has 5 nitrogen and oxygen atoms in total. The number of aliphatic hydroxyl groups is 3. The summed E-state index contributed by atoms with van der Waals surface area (Å²) in [5, 5.41) is 36.9. The predicted molar refractivity (Wildman–Crippen MR) is 61.1 cm³/mol. The molecule has 0 bridgehead atoms. The van der Waals surface area contributed by atoms with E-state index in [1.165, 1.54) is 18.2 Å². The van der Waals surface area contributed by atoms with Crippen LogP contribution in [0.25, 0.3) is 0 Å². The van der Waals surface area contributed by atoms with E-state index in [1.807, 2.05) is 0 Å². The molecule has 6 heteroatoms. The third kappa shape index (κ3) is 3.41. The predicted octanol–water partition coefficient (Wildman–Crippen LogP) is 0.815. The minimum atomic E-state index is -1.33. The summed E-state index contributed by atoms with van der Waals surface area (Å²) < 4.78 is 0. The van der Waals surface area contributed by atoms with Crippen LogP contribution in [0, 0.1) is 0 Å². The van der Waals surface area contributed by atoms with Crippen molar-refractivity contribution in [2.24, 2.45) is 0 Å². The van der Waals surface area contributed by atoms with Crippen LogP contribution in [-0.4, -0.2) is 39.1 Å². The van der Waals surface area contributed by atoms with E-state index in [-0.39, 0.29) is 29.2 Å².